The van der Waals surface area contributed by atoms with Crippen molar-refractivity contribution >= 4 is 22.6 Å². The van der Waals surface area contributed by atoms with Crippen molar-refractivity contribution < 1.29 is 19.1 Å². The zero-order chi connectivity index (χ0) is 19.4. The van der Waals surface area contributed by atoms with Crippen LogP contribution in [0.3, 0.4) is 0 Å². The highest BCUT2D eigenvalue weighted by atomic mass is 16.5. The molecule has 0 aliphatic heterocycles. The van der Waals surface area contributed by atoms with Crippen LogP contribution in [-0.4, -0.2) is 43.6 Å². The number of nitrogens with zero attached hydrogens (tertiary/aromatic N) is 1. The van der Waals surface area contributed by atoms with Gasteiger partial charge in [-0.15, -0.1) is 0 Å². The summed E-state index contributed by atoms with van der Waals surface area (Å²) in [6, 6.07) is 11.5. The number of likely N-dealkylation sites (N-methyl/N-ethyl adjacent to an activating group) is 1. The van der Waals surface area contributed by atoms with Crippen molar-refractivity contribution in [2.45, 2.75) is 38.6 Å². The van der Waals surface area contributed by atoms with Gasteiger partial charge in [0.05, 0.1) is 7.11 Å². The molecule has 1 fully saturated rings. The third kappa shape index (κ3) is 4.41. The number of methoxy groups -OCH3 is 1. The molecule has 0 atom stereocenters. The van der Waals surface area contributed by atoms with Crippen molar-refractivity contribution in [3.63, 3.8) is 0 Å². The second kappa shape index (κ2) is 8.42. The fraction of sp³-hybridized carbons (Fsp3) is 0.455. The van der Waals surface area contributed by atoms with Gasteiger partial charge >= 0.3 is 5.97 Å². The molecule has 1 aliphatic rings. The first-order chi connectivity index (χ1) is 13.0. The lowest BCUT2D eigenvalue weighted by Crippen LogP contribution is -2.41. The first-order valence-electron chi connectivity index (χ1n) is 9.49. The van der Waals surface area contributed by atoms with Gasteiger partial charge in [0.15, 0.2) is 6.61 Å². The third-order valence-corrected chi connectivity index (χ3v) is 5.54. The standard InChI is InChI=1S/C22H27NO4/c1-15-8-10-18(11-9-15)23(2)21(24)14-27-22(25)19-12-16-6-4-5-7-17(16)13-20(19)26-3/h4-7,12-13,15,18H,8-11,14H2,1-3H3. The summed E-state index contributed by atoms with van der Waals surface area (Å²) in [4.78, 5) is 26.7. The first kappa shape index (κ1) is 19.2. The van der Waals surface area contributed by atoms with Gasteiger partial charge in [-0.05, 0) is 54.5 Å². The molecule has 0 unspecified atom stereocenters. The summed E-state index contributed by atoms with van der Waals surface area (Å²) < 4.78 is 10.6. The molecule has 1 saturated carbocycles. The molecule has 5 heteroatoms. The average Bonchev–Trinajstić information content (AvgIpc) is 2.70. The van der Waals surface area contributed by atoms with Gasteiger partial charge in [-0.25, -0.2) is 4.79 Å². The molecule has 0 radical (unpaired) electrons. The number of benzene rings is 2. The normalized spacial score (nSPS) is 19.5. The molecular weight excluding hydrogens is 342 g/mol. The monoisotopic (exact) mass is 369 g/mol. The number of amides is 1. The quantitative estimate of drug-likeness (QED) is 0.747. The highest BCUT2D eigenvalue weighted by molar-refractivity contribution is 5.99. The van der Waals surface area contributed by atoms with Crippen LogP contribution >= 0.6 is 0 Å². The summed E-state index contributed by atoms with van der Waals surface area (Å²) >= 11 is 0. The van der Waals surface area contributed by atoms with Gasteiger partial charge in [0, 0.05) is 13.1 Å². The molecule has 0 heterocycles. The van der Waals surface area contributed by atoms with E-state index in [-0.39, 0.29) is 18.6 Å². The number of ether oxygens (including phenoxy) is 2. The second-order valence-corrected chi connectivity index (χ2v) is 7.39. The van der Waals surface area contributed by atoms with Crippen LogP contribution in [0.2, 0.25) is 0 Å². The lowest BCUT2D eigenvalue weighted by molar-refractivity contribution is -0.136. The minimum atomic E-state index is -0.545. The van der Waals surface area contributed by atoms with Gasteiger partial charge in [0.2, 0.25) is 0 Å². The summed E-state index contributed by atoms with van der Waals surface area (Å²) in [6.45, 7) is 1.99. The van der Waals surface area contributed by atoms with Crippen molar-refractivity contribution in [1.82, 2.24) is 4.90 Å². The highest BCUT2D eigenvalue weighted by Gasteiger charge is 2.25. The fourth-order valence-corrected chi connectivity index (χ4v) is 3.69. The summed E-state index contributed by atoms with van der Waals surface area (Å²) in [5, 5.41) is 1.90. The largest absolute Gasteiger partial charge is 0.496 e. The number of hydrogen-bond acceptors (Lipinski definition) is 4. The van der Waals surface area contributed by atoms with Crippen molar-refractivity contribution in [2.75, 3.05) is 20.8 Å². The van der Waals surface area contributed by atoms with E-state index in [9.17, 15) is 9.59 Å². The van der Waals surface area contributed by atoms with Gasteiger partial charge in [-0.3, -0.25) is 4.79 Å². The first-order valence-corrected chi connectivity index (χ1v) is 9.49. The van der Waals surface area contributed by atoms with Gasteiger partial charge in [-0.2, -0.15) is 0 Å². The molecular formula is C22H27NO4. The van der Waals surface area contributed by atoms with Gasteiger partial charge in [0.1, 0.15) is 11.3 Å². The van der Waals surface area contributed by atoms with E-state index in [1.54, 1.807) is 18.0 Å². The molecule has 3 rings (SSSR count). The molecule has 5 nitrogen and oxygen atoms in total. The van der Waals surface area contributed by atoms with E-state index in [0.29, 0.717) is 11.3 Å². The Kier molecular flexibility index (Phi) is 5.99. The van der Waals surface area contributed by atoms with Crippen molar-refractivity contribution in [2.24, 2.45) is 5.92 Å². The van der Waals surface area contributed by atoms with Crippen LogP contribution in [0.25, 0.3) is 10.8 Å². The zero-order valence-corrected chi connectivity index (χ0v) is 16.2. The van der Waals surface area contributed by atoms with E-state index < -0.39 is 5.97 Å². The SMILES string of the molecule is COc1cc2ccccc2cc1C(=O)OCC(=O)N(C)C1CCC(C)CC1. The predicted molar refractivity (Wildman–Crippen MR) is 105 cm³/mol. The minimum absolute atomic E-state index is 0.164. The Morgan fingerprint density at radius 1 is 1.07 bits per heavy atom. The zero-order valence-electron chi connectivity index (χ0n) is 16.2. The molecule has 2 aromatic rings. The van der Waals surface area contributed by atoms with Crippen molar-refractivity contribution in [1.29, 1.82) is 0 Å². The van der Waals surface area contributed by atoms with Gasteiger partial charge in [-0.1, -0.05) is 31.2 Å². The molecule has 2 aromatic carbocycles. The smallest absolute Gasteiger partial charge is 0.342 e. The maximum absolute atomic E-state index is 12.5. The van der Waals surface area contributed by atoms with Crippen LogP contribution in [0.15, 0.2) is 36.4 Å². The molecule has 0 spiro atoms. The van der Waals surface area contributed by atoms with Crippen LogP contribution in [0, 0.1) is 5.92 Å². The Balaban J connectivity index is 1.65. The Hall–Kier alpha value is -2.56. The number of esters is 1. The Bertz CT molecular complexity index is 824. The third-order valence-electron chi connectivity index (χ3n) is 5.54. The minimum Gasteiger partial charge on any atom is -0.496 e. The van der Waals surface area contributed by atoms with Crippen LogP contribution in [0.5, 0.6) is 5.75 Å². The highest BCUT2D eigenvalue weighted by Crippen LogP contribution is 2.28. The van der Waals surface area contributed by atoms with Crippen LogP contribution in [0.4, 0.5) is 0 Å². The molecule has 1 amide bonds. The van der Waals surface area contributed by atoms with E-state index in [0.717, 1.165) is 42.4 Å². The summed E-state index contributed by atoms with van der Waals surface area (Å²) in [5.74, 6) is 0.461. The summed E-state index contributed by atoms with van der Waals surface area (Å²) in [6.07, 6.45) is 4.29. The predicted octanol–water partition coefficient (Wildman–Crippen LogP) is 4.04. The summed E-state index contributed by atoms with van der Waals surface area (Å²) in [7, 11) is 3.32. The van der Waals surface area contributed by atoms with Crippen molar-refractivity contribution in [3.05, 3.63) is 42.0 Å². The van der Waals surface area contributed by atoms with E-state index in [4.69, 9.17) is 9.47 Å². The molecule has 0 bridgehead atoms. The fourth-order valence-electron chi connectivity index (χ4n) is 3.69. The van der Waals surface area contributed by atoms with Crippen LogP contribution in [-0.2, 0) is 9.53 Å². The number of carbonyl (C=O) groups excluding carboxylic acids is 2. The molecule has 27 heavy (non-hydrogen) atoms. The Morgan fingerprint density at radius 2 is 1.70 bits per heavy atom. The van der Waals surface area contributed by atoms with Crippen molar-refractivity contribution in [3.8, 4) is 5.75 Å². The van der Waals surface area contributed by atoms with Crippen LogP contribution < -0.4 is 4.74 Å². The lowest BCUT2D eigenvalue weighted by Gasteiger charge is -2.33. The average molecular weight is 369 g/mol. The number of rotatable bonds is 5. The van der Waals surface area contributed by atoms with E-state index in [1.807, 2.05) is 30.3 Å². The molecule has 144 valence electrons. The maximum Gasteiger partial charge on any atom is 0.342 e. The van der Waals surface area contributed by atoms with Gasteiger partial charge < -0.3 is 14.4 Å². The van der Waals surface area contributed by atoms with Gasteiger partial charge in [0.25, 0.3) is 5.91 Å². The number of carbonyl (C=O) groups is 2. The van der Waals surface area contributed by atoms with E-state index in [2.05, 4.69) is 6.92 Å². The molecule has 0 saturated heterocycles. The second-order valence-electron chi connectivity index (χ2n) is 7.39. The van der Waals surface area contributed by atoms with E-state index in [1.165, 1.54) is 7.11 Å². The Morgan fingerprint density at radius 3 is 2.33 bits per heavy atom. The molecule has 0 N–H and O–H groups in total. The number of fused-ring (bicyclic) bond motifs is 1. The van der Waals surface area contributed by atoms with E-state index >= 15 is 0 Å². The maximum atomic E-state index is 12.5. The van der Waals surface area contributed by atoms with Crippen LogP contribution in [0.1, 0.15) is 43.0 Å². The molecule has 1 aliphatic carbocycles. The Labute approximate surface area is 160 Å². The topological polar surface area (TPSA) is 55.8 Å². The summed E-state index contributed by atoms with van der Waals surface area (Å²) in [5.41, 5.74) is 0.332. The molecule has 0 aromatic heterocycles. The number of hydrogen-bond donors (Lipinski definition) is 0. The lowest BCUT2D eigenvalue weighted by atomic mass is 9.87.